The average Bonchev–Trinajstić information content (AvgIpc) is 2.98. The van der Waals surface area contributed by atoms with Crippen LogP contribution < -0.4 is 10.6 Å². The molecule has 0 radical (unpaired) electrons. The first-order valence-corrected chi connectivity index (χ1v) is 14.4. The highest BCUT2D eigenvalue weighted by Crippen LogP contribution is 2.32. The Kier molecular flexibility index (Phi) is 14.7. The highest BCUT2D eigenvalue weighted by molar-refractivity contribution is 5.57. The Labute approximate surface area is 239 Å². The zero-order valence-corrected chi connectivity index (χ0v) is 24.3. The van der Waals surface area contributed by atoms with Gasteiger partial charge in [0.25, 0.3) is 0 Å². The monoisotopic (exact) mass is 560 g/mol. The van der Waals surface area contributed by atoms with Crippen molar-refractivity contribution in [1.82, 2.24) is 5.32 Å². The molecule has 0 amide bonds. The molecule has 1 saturated heterocycles. The number of aromatic hydroxyl groups is 1. The number of phenols is 1. The zero-order chi connectivity index (χ0) is 28.6. The minimum atomic E-state index is -0.494. The van der Waals surface area contributed by atoms with Gasteiger partial charge in [0.2, 0.25) is 0 Å². The first kappa shape index (κ1) is 32.3. The molecule has 0 aliphatic carbocycles. The molecule has 0 saturated carbocycles. The van der Waals surface area contributed by atoms with Crippen molar-refractivity contribution in [2.45, 2.75) is 63.6 Å². The lowest BCUT2D eigenvalue weighted by molar-refractivity contribution is -0.0777. The van der Waals surface area contributed by atoms with Crippen molar-refractivity contribution in [2.75, 3.05) is 65.6 Å². The third kappa shape index (κ3) is 10.6. The van der Waals surface area contributed by atoms with Crippen LogP contribution in [0.3, 0.4) is 0 Å². The number of aliphatic hydroxyl groups excluding tert-OH is 1. The van der Waals surface area contributed by atoms with Gasteiger partial charge in [0.05, 0.1) is 43.8 Å². The Morgan fingerprint density at radius 1 is 0.900 bits per heavy atom. The molecule has 2 aromatic carbocycles. The van der Waals surface area contributed by atoms with E-state index in [-0.39, 0.29) is 30.5 Å². The van der Waals surface area contributed by atoms with Crippen LogP contribution in [0.15, 0.2) is 42.5 Å². The molecular formula is C31H48N2O7. The average molecular weight is 561 g/mol. The van der Waals surface area contributed by atoms with E-state index in [0.29, 0.717) is 64.8 Å². The van der Waals surface area contributed by atoms with Gasteiger partial charge in [-0.3, -0.25) is 0 Å². The van der Waals surface area contributed by atoms with Gasteiger partial charge in [-0.15, -0.1) is 0 Å². The van der Waals surface area contributed by atoms with E-state index in [1.54, 1.807) is 20.3 Å². The summed E-state index contributed by atoms with van der Waals surface area (Å²) < 4.78 is 28.7. The molecule has 4 atom stereocenters. The number of ether oxygens (including phenoxy) is 5. The molecule has 1 aliphatic heterocycles. The third-order valence-electron chi connectivity index (χ3n) is 7.10. The summed E-state index contributed by atoms with van der Waals surface area (Å²) in [4.78, 5) is 0. The number of nitrogens with one attached hydrogen (secondary N) is 2. The fourth-order valence-electron chi connectivity index (χ4n) is 4.76. The normalized spacial score (nSPS) is 19.9. The quantitative estimate of drug-likeness (QED) is 0.151. The standard InChI is InChI=1S/C31H48N2O7/c1-4-26(34)22-40-30-19-32-18-29(31(30)25-10-7-23(8-11-25)20-38-16-6-15-37-3)39-21-24-9-12-28(35)27(17-24)33-13-5-14-36-2/h7-12,17,26,29-35H,4-6,13-16,18-22H2,1-3H3/t26-,29+,30-,31-/m1/s1. The number of hydrogen-bond donors (Lipinski definition) is 4. The topological polar surface area (TPSA) is 111 Å². The van der Waals surface area contributed by atoms with Crippen molar-refractivity contribution >= 4 is 5.69 Å². The molecule has 4 N–H and O–H groups in total. The van der Waals surface area contributed by atoms with Gasteiger partial charge in [0, 0.05) is 59.6 Å². The van der Waals surface area contributed by atoms with Gasteiger partial charge in [-0.05, 0) is 48.1 Å². The number of rotatable bonds is 19. The van der Waals surface area contributed by atoms with Crippen LogP contribution in [-0.2, 0) is 36.9 Å². The van der Waals surface area contributed by atoms with Crippen LogP contribution >= 0.6 is 0 Å². The van der Waals surface area contributed by atoms with Crippen LogP contribution in [-0.4, -0.2) is 88.8 Å². The summed E-state index contributed by atoms with van der Waals surface area (Å²) in [5, 5.41) is 27.1. The number of anilines is 1. The number of hydrogen-bond acceptors (Lipinski definition) is 9. The van der Waals surface area contributed by atoms with Crippen molar-refractivity contribution in [3.8, 4) is 5.75 Å². The molecule has 0 bridgehead atoms. The predicted molar refractivity (Wildman–Crippen MR) is 156 cm³/mol. The predicted octanol–water partition coefficient (Wildman–Crippen LogP) is 3.82. The molecule has 9 heteroatoms. The van der Waals surface area contributed by atoms with Crippen LogP contribution in [0.4, 0.5) is 5.69 Å². The number of phenolic OH excluding ortho intramolecular Hbond substituents is 1. The Balaban J connectivity index is 1.68. The van der Waals surface area contributed by atoms with Crippen LogP contribution in [0.1, 0.15) is 48.8 Å². The number of methoxy groups -OCH3 is 2. The van der Waals surface area contributed by atoms with Gasteiger partial charge < -0.3 is 44.5 Å². The molecule has 224 valence electrons. The zero-order valence-electron chi connectivity index (χ0n) is 24.3. The van der Waals surface area contributed by atoms with Gasteiger partial charge in [-0.1, -0.05) is 37.3 Å². The van der Waals surface area contributed by atoms with Gasteiger partial charge in [-0.2, -0.15) is 0 Å². The smallest absolute Gasteiger partial charge is 0.138 e. The summed E-state index contributed by atoms with van der Waals surface area (Å²) in [7, 11) is 3.38. The maximum absolute atomic E-state index is 10.3. The molecule has 3 rings (SSSR count). The fraction of sp³-hybridized carbons (Fsp3) is 0.613. The van der Waals surface area contributed by atoms with E-state index in [1.165, 1.54) is 0 Å². The highest BCUT2D eigenvalue weighted by atomic mass is 16.5. The summed E-state index contributed by atoms with van der Waals surface area (Å²) in [6, 6.07) is 14.0. The lowest BCUT2D eigenvalue weighted by Gasteiger charge is -2.39. The van der Waals surface area contributed by atoms with Crippen LogP contribution in [0.25, 0.3) is 0 Å². The molecule has 40 heavy (non-hydrogen) atoms. The number of benzene rings is 2. The Morgan fingerprint density at radius 2 is 1.60 bits per heavy atom. The molecule has 1 aliphatic rings. The van der Waals surface area contributed by atoms with Crippen molar-refractivity contribution in [3.63, 3.8) is 0 Å². The SMILES string of the molecule is CC[C@@H](O)CO[C@@H]1CNC[C@H](OCc2ccc(O)c(NCCCOC)c2)[C@H]1c1ccc(COCCCOC)cc1. The van der Waals surface area contributed by atoms with Gasteiger partial charge in [0.15, 0.2) is 0 Å². The molecule has 0 aromatic heterocycles. The van der Waals surface area contributed by atoms with E-state index in [0.717, 1.165) is 29.5 Å². The van der Waals surface area contributed by atoms with E-state index < -0.39 is 6.10 Å². The summed E-state index contributed by atoms with van der Waals surface area (Å²) >= 11 is 0. The minimum Gasteiger partial charge on any atom is -0.506 e. The van der Waals surface area contributed by atoms with Crippen LogP contribution in [0.2, 0.25) is 0 Å². The lowest BCUT2D eigenvalue weighted by atomic mass is 9.85. The van der Waals surface area contributed by atoms with Crippen molar-refractivity contribution in [3.05, 3.63) is 59.2 Å². The second-order valence-electron chi connectivity index (χ2n) is 10.2. The summed E-state index contributed by atoms with van der Waals surface area (Å²) in [6.45, 7) is 7.28. The Morgan fingerprint density at radius 3 is 2.33 bits per heavy atom. The van der Waals surface area contributed by atoms with E-state index in [9.17, 15) is 10.2 Å². The van der Waals surface area contributed by atoms with Gasteiger partial charge in [0.1, 0.15) is 5.75 Å². The summed E-state index contributed by atoms with van der Waals surface area (Å²) in [6.07, 6.45) is 1.59. The summed E-state index contributed by atoms with van der Waals surface area (Å²) in [5.41, 5.74) is 3.90. The maximum atomic E-state index is 10.3. The van der Waals surface area contributed by atoms with Gasteiger partial charge >= 0.3 is 0 Å². The van der Waals surface area contributed by atoms with E-state index in [1.807, 2.05) is 19.1 Å². The fourth-order valence-corrected chi connectivity index (χ4v) is 4.76. The van der Waals surface area contributed by atoms with Crippen molar-refractivity contribution in [2.24, 2.45) is 0 Å². The highest BCUT2D eigenvalue weighted by Gasteiger charge is 2.36. The molecular weight excluding hydrogens is 512 g/mol. The second-order valence-corrected chi connectivity index (χ2v) is 10.2. The molecule has 9 nitrogen and oxygen atoms in total. The molecule has 0 spiro atoms. The second kappa shape index (κ2) is 18.2. The molecule has 1 heterocycles. The van der Waals surface area contributed by atoms with E-state index in [2.05, 4.69) is 34.9 Å². The first-order chi connectivity index (χ1) is 19.5. The third-order valence-corrected chi connectivity index (χ3v) is 7.10. The molecule has 0 unspecified atom stereocenters. The van der Waals surface area contributed by atoms with Crippen molar-refractivity contribution < 1.29 is 33.9 Å². The van der Waals surface area contributed by atoms with Gasteiger partial charge in [-0.25, -0.2) is 0 Å². The summed E-state index contributed by atoms with van der Waals surface area (Å²) in [5.74, 6) is 0.204. The van der Waals surface area contributed by atoms with Crippen molar-refractivity contribution in [1.29, 1.82) is 0 Å². The maximum Gasteiger partial charge on any atom is 0.138 e. The first-order valence-electron chi connectivity index (χ1n) is 14.4. The van der Waals surface area contributed by atoms with E-state index >= 15 is 0 Å². The van der Waals surface area contributed by atoms with E-state index in [4.69, 9.17) is 23.7 Å². The Bertz CT molecular complexity index is 959. The Hall–Kier alpha value is -2.24. The largest absolute Gasteiger partial charge is 0.506 e. The molecule has 2 aromatic rings. The lowest BCUT2D eigenvalue weighted by Crippen LogP contribution is -2.51. The van der Waals surface area contributed by atoms with Crippen LogP contribution in [0, 0.1) is 0 Å². The van der Waals surface area contributed by atoms with Crippen LogP contribution in [0.5, 0.6) is 5.75 Å². The minimum absolute atomic E-state index is 0.00858. The molecule has 1 fully saturated rings. The number of piperidine rings is 1. The number of aliphatic hydroxyl groups is 1.